The van der Waals surface area contributed by atoms with Gasteiger partial charge in [0.1, 0.15) is 18.3 Å². The van der Waals surface area contributed by atoms with E-state index >= 15 is 0 Å². The summed E-state index contributed by atoms with van der Waals surface area (Å²) in [5.74, 6) is 0. The third-order valence-electron chi connectivity index (χ3n) is 1.52. The van der Waals surface area contributed by atoms with Gasteiger partial charge < -0.3 is 20.1 Å². The quantitative estimate of drug-likeness (QED) is 0.553. The molecule has 0 aromatic carbocycles. The maximum atomic E-state index is 9.20. The number of hydrogen-bond donors (Lipinski definition) is 3. The van der Waals surface area contributed by atoms with E-state index in [-0.39, 0.29) is 6.61 Å². The summed E-state index contributed by atoms with van der Waals surface area (Å²) in [6.07, 6.45) is -1.52. The van der Waals surface area contributed by atoms with Crippen LogP contribution in [0.25, 0.3) is 0 Å². The van der Waals surface area contributed by atoms with E-state index in [1.165, 1.54) is 6.26 Å². The van der Waals surface area contributed by atoms with E-state index in [9.17, 15) is 10.2 Å². The number of ether oxygens (including phenoxy) is 1. The largest absolute Gasteiger partial charge is 0.492 e. The molecule has 0 unspecified atom stereocenters. The Morgan fingerprint density at radius 2 is 2.18 bits per heavy atom. The first kappa shape index (κ1) is 8.99. The standard InChI is InChI=1S/C6H9BrO4/c7-3-2-11-4(1-8)6(10)5(3)9/h2,4-6,8-10H,1H2/t4-,5-,6-/m1/s1. The van der Waals surface area contributed by atoms with E-state index < -0.39 is 18.3 Å². The Morgan fingerprint density at radius 1 is 1.55 bits per heavy atom. The maximum Gasteiger partial charge on any atom is 0.149 e. The second-order valence-corrected chi connectivity index (χ2v) is 3.21. The van der Waals surface area contributed by atoms with Gasteiger partial charge in [0.05, 0.1) is 17.4 Å². The van der Waals surface area contributed by atoms with Crippen molar-refractivity contribution < 1.29 is 20.1 Å². The predicted molar refractivity (Wildman–Crippen MR) is 41.0 cm³/mol. The Bertz CT molecular complexity index is 170. The van der Waals surface area contributed by atoms with Gasteiger partial charge in [0.15, 0.2) is 0 Å². The van der Waals surface area contributed by atoms with Crippen LogP contribution in [0, 0.1) is 0 Å². The molecule has 1 aliphatic heterocycles. The lowest BCUT2D eigenvalue weighted by atomic mass is 10.1. The van der Waals surface area contributed by atoms with E-state index in [1.54, 1.807) is 0 Å². The number of rotatable bonds is 1. The van der Waals surface area contributed by atoms with Crippen molar-refractivity contribution in [2.24, 2.45) is 0 Å². The minimum absolute atomic E-state index is 0.311. The fraction of sp³-hybridized carbons (Fsp3) is 0.667. The van der Waals surface area contributed by atoms with Gasteiger partial charge in [-0.2, -0.15) is 0 Å². The monoisotopic (exact) mass is 224 g/mol. The molecule has 0 radical (unpaired) electrons. The molecule has 3 atom stereocenters. The molecule has 0 aliphatic carbocycles. The van der Waals surface area contributed by atoms with Crippen molar-refractivity contribution in [1.29, 1.82) is 0 Å². The molecular formula is C6H9BrO4. The summed E-state index contributed by atoms with van der Waals surface area (Å²) in [4.78, 5) is 0. The average molecular weight is 225 g/mol. The van der Waals surface area contributed by atoms with Gasteiger partial charge in [-0.05, 0) is 15.9 Å². The molecule has 0 saturated carbocycles. The molecule has 1 rings (SSSR count). The topological polar surface area (TPSA) is 69.9 Å². The minimum atomic E-state index is -1.07. The Balaban J connectivity index is 2.68. The van der Waals surface area contributed by atoms with E-state index in [0.717, 1.165) is 0 Å². The van der Waals surface area contributed by atoms with Crippen molar-refractivity contribution in [2.45, 2.75) is 18.3 Å². The number of aliphatic hydroxyl groups is 3. The molecular weight excluding hydrogens is 216 g/mol. The van der Waals surface area contributed by atoms with Gasteiger partial charge in [-0.1, -0.05) is 0 Å². The highest BCUT2D eigenvalue weighted by molar-refractivity contribution is 9.11. The van der Waals surface area contributed by atoms with Crippen LogP contribution in [0.15, 0.2) is 10.7 Å². The van der Waals surface area contributed by atoms with E-state index in [2.05, 4.69) is 15.9 Å². The molecule has 11 heavy (non-hydrogen) atoms. The molecule has 0 spiro atoms. The highest BCUT2D eigenvalue weighted by atomic mass is 79.9. The van der Waals surface area contributed by atoms with Crippen LogP contribution in [-0.4, -0.2) is 40.2 Å². The molecule has 1 heterocycles. The predicted octanol–water partition coefficient (Wildman–Crippen LogP) is -0.664. The van der Waals surface area contributed by atoms with Crippen LogP contribution in [0.2, 0.25) is 0 Å². The lowest BCUT2D eigenvalue weighted by molar-refractivity contribution is -0.0822. The second-order valence-electron chi connectivity index (χ2n) is 2.30. The molecule has 0 bridgehead atoms. The van der Waals surface area contributed by atoms with Gasteiger partial charge in [0.25, 0.3) is 0 Å². The fourth-order valence-corrected chi connectivity index (χ4v) is 1.20. The highest BCUT2D eigenvalue weighted by Crippen LogP contribution is 2.22. The molecule has 0 fully saturated rings. The smallest absolute Gasteiger partial charge is 0.149 e. The van der Waals surface area contributed by atoms with Crippen molar-refractivity contribution in [3.8, 4) is 0 Å². The molecule has 0 saturated heterocycles. The zero-order chi connectivity index (χ0) is 8.43. The van der Waals surface area contributed by atoms with Crippen LogP contribution in [0.5, 0.6) is 0 Å². The first-order valence-electron chi connectivity index (χ1n) is 3.15. The first-order chi connectivity index (χ1) is 5.16. The Kier molecular flexibility index (Phi) is 2.89. The number of aliphatic hydroxyl groups excluding tert-OH is 3. The van der Waals surface area contributed by atoms with Gasteiger partial charge in [0, 0.05) is 0 Å². The van der Waals surface area contributed by atoms with Gasteiger partial charge >= 0.3 is 0 Å². The Morgan fingerprint density at radius 3 is 2.73 bits per heavy atom. The summed E-state index contributed by atoms with van der Waals surface area (Å²) in [5, 5.41) is 27.0. The van der Waals surface area contributed by atoms with Gasteiger partial charge in [-0.3, -0.25) is 0 Å². The summed E-state index contributed by atoms with van der Waals surface area (Å²) in [6.45, 7) is -0.311. The van der Waals surface area contributed by atoms with Crippen molar-refractivity contribution in [1.82, 2.24) is 0 Å². The molecule has 5 heteroatoms. The lowest BCUT2D eigenvalue weighted by Gasteiger charge is -2.28. The maximum absolute atomic E-state index is 9.20. The third-order valence-corrected chi connectivity index (χ3v) is 2.18. The van der Waals surface area contributed by atoms with E-state index in [0.29, 0.717) is 4.48 Å². The van der Waals surface area contributed by atoms with Crippen LogP contribution in [0.4, 0.5) is 0 Å². The van der Waals surface area contributed by atoms with Crippen LogP contribution in [-0.2, 0) is 4.74 Å². The third kappa shape index (κ3) is 1.73. The molecule has 0 amide bonds. The SMILES string of the molecule is OC[C@H]1OC=C(Br)[C@@H](O)[C@@H]1O. The molecule has 3 N–H and O–H groups in total. The first-order valence-corrected chi connectivity index (χ1v) is 3.94. The normalized spacial score (nSPS) is 37.8. The van der Waals surface area contributed by atoms with Crippen molar-refractivity contribution >= 4 is 15.9 Å². The average Bonchev–Trinajstić information content (AvgIpc) is 2.01. The Hall–Kier alpha value is -0.100. The van der Waals surface area contributed by atoms with Crippen LogP contribution in [0.3, 0.4) is 0 Å². The molecule has 0 aromatic heterocycles. The fourth-order valence-electron chi connectivity index (χ4n) is 0.820. The zero-order valence-electron chi connectivity index (χ0n) is 5.64. The summed E-state index contributed by atoms with van der Waals surface area (Å²) in [6, 6.07) is 0. The number of hydrogen-bond acceptors (Lipinski definition) is 4. The Labute approximate surface area is 72.2 Å². The summed E-state index contributed by atoms with van der Waals surface area (Å²) >= 11 is 3.00. The zero-order valence-corrected chi connectivity index (χ0v) is 7.23. The summed E-state index contributed by atoms with van der Waals surface area (Å²) in [5.41, 5.74) is 0. The van der Waals surface area contributed by atoms with Crippen LogP contribution >= 0.6 is 15.9 Å². The second kappa shape index (κ2) is 3.53. The summed E-state index contributed by atoms with van der Waals surface area (Å²) in [7, 11) is 0. The molecule has 64 valence electrons. The minimum Gasteiger partial charge on any atom is -0.492 e. The molecule has 1 aliphatic rings. The van der Waals surface area contributed by atoms with E-state index in [1.807, 2.05) is 0 Å². The lowest BCUT2D eigenvalue weighted by Crippen LogP contribution is -2.43. The molecule has 4 nitrogen and oxygen atoms in total. The van der Waals surface area contributed by atoms with Crippen molar-refractivity contribution in [3.05, 3.63) is 10.7 Å². The number of halogens is 1. The van der Waals surface area contributed by atoms with Gasteiger partial charge in [-0.15, -0.1) is 0 Å². The van der Waals surface area contributed by atoms with Gasteiger partial charge in [0.2, 0.25) is 0 Å². The van der Waals surface area contributed by atoms with E-state index in [4.69, 9.17) is 9.84 Å². The van der Waals surface area contributed by atoms with Crippen molar-refractivity contribution in [2.75, 3.05) is 6.61 Å². The van der Waals surface area contributed by atoms with Crippen molar-refractivity contribution in [3.63, 3.8) is 0 Å². The van der Waals surface area contributed by atoms with Crippen LogP contribution < -0.4 is 0 Å². The highest BCUT2D eigenvalue weighted by Gasteiger charge is 2.32. The van der Waals surface area contributed by atoms with Crippen LogP contribution in [0.1, 0.15) is 0 Å². The molecule has 0 aromatic rings. The van der Waals surface area contributed by atoms with Gasteiger partial charge in [-0.25, -0.2) is 0 Å². The summed E-state index contributed by atoms with van der Waals surface area (Å²) < 4.78 is 5.24.